The predicted octanol–water partition coefficient (Wildman–Crippen LogP) is -1.01. The van der Waals surface area contributed by atoms with Crippen LogP contribution < -0.4 is 16.6 Å². The van der Waals surface area contributed by atoms with E-state index in [4.69, 9.17) is 5.73 Å². The van der Waals surface area contributed by atoms with Gasteiger partial charge in [0.2, 0.25) is 0 Å². The molecule has 6 heteroatoms. The van der Waals surface area contributed by atoms with E-state index in [0.717, 1.165) is 12.8 Å². The number of hydrogen-bond acceptors (Lipinski definition) is 4. The van der Waals surface area contributed by atoms with E-state index in [1.165, 1.54) is 12.1 Å². The SMILES string of the molecule is NCC1(NC(=O)c2ccc(=O)[nH]n2)CC1. The van der Waals surface area contributed by atoms with E-state index in [9.17, 15) is 9.59 Å². The molecule has 0 spiro atoms. The van der Waals surface area contributed by atoms with E-state index in [0.29, 0.717) is 6.54 Å². The second-order valence-corrected chi connectivity index (χ2v) is 3.75. The molecule has 0 unspecified atom stereocenters. The Balaban J connectivity index is 2.08. The smallest absolute Gasteiger partial charge is 0.272 e. The fraction of sp³-hybridized carbons (Fsp3) is 0.444. The lowest BCUT2D eigenvalue weighted by Gasteiger charge is -2.13. The van der Waals surface area contributed by atoms with Gasteiger partial charge >= 0.3 is 0 Å². The van der Waals surface area contributed by atoms with Gasteiger partial charge < -0.3 is 11.1 Å². The van der Waals surface area contributed by atoms with Gasteiger partial charge in [-0.25, -0.2) is 5.10 Å². The van der Waals surface area contributed by atoms with Crippen LogP contribution in [0.2, 0.25) is 0 Å². The third-order valence-electron chi connectivity index (χ3n) is 2.53. The largest absolute Gasteiger partial charge is 0.344 e. The highest BCUT2D eigenvalue weighted by Crippen LogP contribution is 2.33. The Labute approximate surface area is 85.9 Å². The molecular weight excluding hydrogens is 196 g/mol. The van der Waals surface area contributed by atoms with Crippen molar-refractivity contribution in [2.75, 3.05) is 6.54 Å². The van der Waals surface area contributed by atoms with Crippen LogP contribution in [0.3, 0.4) is 0 Å². The van der Waals surface area contributed by atoms with E-state index in [1.54, 1.807) is 0 Å². The summed E-state index contributed by atoms with van der Waals surface area (Å²) in [6.45, 7) is 0.433. The summed E-state index contributed by atoms with van der Waals surface area (Å²) in [5.74, 6) is -0.297. The lowest BCUT2D eigenvalue weighted by molar-refractivity contribution is 0.0927. The van der Waals surface area contributed by atoms with Crippen molar-refractivity contribution in [1.82, 2.24) is 15.5 Å². The Hall–Kier alpha value is -1.69. The summed E-state index contributed by atoms with van der Waals surface area (Å²) in [6, 6.07) is 2.66. The highest BCUT2D eigenvalue weighted by molar-refractivity contribution is 5.92. The van der Waals surface area contributed by atoms with Crippen LogP contribution in [0.15, 0.2) is 16.9 Å². The summed E-state index contributed by atoms with van der Waals surface area (Å²) < 4.78 is 0. The minimum Gasteiger partial charge on any atom is -0.344 e. The van der Waals surface area contributed by atoms with Gasteiger partial charge in [0.25, 0.3) is 11.5 Å². The molecule has 0 radical (unpaired) electrons. The van der Waals surface area contributed by atoms with Crippen LogP contribution in [0, 0.1) is 0 Å². The van der Waals surface area contributed by atoms with Crippen molar-refractivity contribution in [3.63, 3.8) is 0 Å². The van der Waals surface area contributed by atoms with Crippen molar-refractivity contribution < 1.29 is 4.79 Å². The van der Waals surface area contributed by atoms with E-state index in [2.05, 4.69) is 15.5 Å². The molecule has 0 saturated heterocycles. The molecule has 6 nitrogen and oxygen atoms in total. The summed E-state index contributed by atoms with van der Waals surface area (Å²) in [5, 5.41) is 8.65. The van der Waals surface area contributed by atoms with Crippen LogP contribution >= 0.6 is 0 Å². The van der Waals surface area contributed by atoms with Crippen molar-refractivity contribution >= 4 is 5.91 Å². The molecule has 1 heterocycles. The van der Waals surface area contributed by atoms with Crippen LogP contribution in [0.5, 0.6) is 0 Å². The summed E-state index contributed by atoms with van der Waals surface area (Å²) in [7, 11) is 0. The van der Waals surface area contributed by atoms with Crippen LogP contribution in [0.1, 0.15) is 23.3 Å². The number of rotatable bonds is 3. The highest BCUT2D eigenvalue weighted by atomic mass is 16.2. The third kappa shape index (κ3) is 2.04. The summed E-state index contributed by atoms with van der Waals surface area (Å²) in [6.07, 6.45) is 1.80. The molecule has 1 aromatic heterocycles. The molecule has 1 aromatic rings. The van der Waals surface area contributed by atoms with Gasteiger partial charge in [-0.1, -0.05) is 0 Å². The number of H-pyrrole nitrogens is 1. The number of nitrogens with zero attached hydrogens (tertiary/aromatic N) is 1. The molecule has 1 aliphatic rings. The second-order valence-electron chi connectivity index (χ2n) is 3.75. The number of nitrogens with one attached hydrogen (secondary N) is 2. The zero-order chi connectivity index (χ0) is 10.9. The van der Waals surface area contributed by atoms with Gasteiger partial charge in [-0.3, -0.25) is 9.59 Å². The Kier molecular flexibility index (Phi) is 2.28. The average Bonchev–Trinajstić information content (AvgIpc) is 2.99. The fourth-order valence-corrected chi connectivity index (χ4v) is 1.31. The first-order valence-corrected chi connectivity index (χ1v) is 4.74. The molecule has 2 rings (SSSR count). The van der Waals surface area contributed by atoms with Gasteiger partial charge in [-0.2, -0.15) is 5.10 Å². The summed E-state index contributed by atoms with van der Waals surface area (Å²) in [4.78, 5) is 22.3. The molecule has 15 heavy (non-hydrogen) atoms. The normalized spacial score (nSPS) is 17.1. The van der Waals surface area contributed by atoms with Crippen molar-refractivity contribution in [3.05, 3.63) is 28.2 Å². The molecule has 4 N–H and O–H groups in total. The topological polar surface area (TPSA) is 101 Å². The van der Waals surface area contributed by atoms with Gasteiger partial charge in [0, 0.05) is 12.6 Å². The van der Waals surface area contributed by atoms with E-state index in [-0.39, 0.29) is 22.7 Å². The minimum atomic E-state index is -0.327. The molecule has 1 fully saturated rings. The Bertz CT molecular complexity index is 415. The predicted molar refractivity (Wildman–Crippen MR) is 53.3 cm³/mol. The maximum absolute atomic E-state index is 11.6. The molecule has 0 aromatic carbocycles. The first-order valence-electron chi connectivity index (χ1n) is 4.74. The number of carbonyl (C=O) groups excluding carboxylic acids is 1. The standard InChI is InChI=1S/C9H12N4O2/c10-5-9(3-4-9)11-8(15)6-1-2-7(14)13-12-6/h1-2H,3-5,10H2,(H,11,15)(H,13,14). The molecular formula is C9H12N4O2. The van der Waals surface area contributed by atoms with Gasteiger partial charge in [0.05, 0.1) is 5.54 Å². The van der Waals surface area contributed by atoms with E-state index in [1.807, 2.05) is 0 Å². The first kappa shape index (κ1) is 9.85. The molecule has 0 atom stereocenters. The van der Waals surface area contributed by atoms with Crippen LogP contribution in [-0.4, -0.2) is 28.2 Å². The number of carbonyl (C=O) groups is 1. The molecule has 1 amide bonds. The molecule has 1 aliphatic carbocycles. The van der Waals surface area contributed by atoms with E-state index >= 15 is 0 Å². The monoisotopic (exact) mass is 208 g/mol. The van der Waals surface area contributed by atoms with Crippen LogP contribution in [0.25, 0.3) is 0 Å². The zero-order valence-electron chi connectivity index (χ0n) is 8.12. The molecule has 1 saturated carbocycles. The molecule has 0 aliphatic heterocycles. The number of aromatic amines is 1. The number of aromatic nitrogens is 2. The quantitative estimate of drug-likeness (QED) is 0.592. The zero-order valence-corrected chi connectivity index (χ0v) is 8.12. The Morgan fingerprint density at radius 2 is 2.33 bits per heavy atom. The lowest BCUT2D eigenvalue weighted by atomic mass is 10.2. The average molecular weight is 208 g/mol. The van der Waals surface area contributed by atoms with Crippen molar-refractivity contribution in [3.8, 4) is 0 Å². The minimum absolute atomic E-state index is 0.203. The van der Waals surface area contributed by atoms with Crippen molar-refractivity contribution in [2.45, 2.75) is 18.4 Å². The lowest BCUT2D eigenvalue weighted by Crippen LogP contribution is -2.42. The summed E-state index contributed by atoms with van der Waals surface area (Å²) >= 11 is 0. The Morgan fingerprint density at radius 3 is 2.80 bits per heavy atom. The highest BCUT2D eigenvalue weighted by Gasteiger charge is 2.42. The summed E-state index contributed by atoms with van der Waals surface area (Å²) in [5.41, 5.74) is 5.16. The van der Waals surface area contributed by atoms with Gasteiger partial charge in [-0.15, -0.1) is 0 Å². The maximum Gasteiger partial charge on any atom is 0.272 e. The number of amides is 1. The van der Waals surface area contributed by atoms with Gasteiger partial charge in [-0.05, 0) is 18.9 Å². The van der Waals surface area contributed by atoms with E-state index < -0.39 is 0 Å². The van der Waals surface area contributed by atoms with Crippen LogP contribution in [0.4, 0.5) is 0 Å². The van der Waals surface area contributed by atoms with Crippen molar-refractivity contribution in [1.29, 1.82) is 0 Å². The maximum atomic E-state index is 11.6. The van der Waals surface area contributed by atoms with Gasteiger partial charge in [0.1, 0.15) is 5.69 Å². The molecule has 0 bridgehead atoms. The second kappa shape index (κ2) is 3.47. The Morgan fingerprint density at radius 1 is 1.60 bits per heavy atom. The fourth-order valence-electron chi connectivity index (χ4n) is 1.31. The number of hydrogen-bond donors (Lipinski definition) is 3. The molecule has 80 valence electrons. The van der Waals surface area contributed by atoms with Gasteiger partial charge in [0.15, 0.2) is 0 Å². The third-order valence-corrected chi connectivity index (χ3v) is 2.53. The first-order chi connectivity index (χ1) is 7.15. The van der Waals surface area contributed by atoms with Crippen molar-refractivity contribution in [2.24, 2.45) is 5.73 Å². The van der Waals surface area contributed by atoms with Crippen LogP contribution in [-0.2, 0) is 0 Å². The number of nitrogens with two attached hydrogens (primary N) is 1.